The first-order chi connectivity index (χ1) is 6.43. The minimum absolute atomic E-state index is 0.520. The summed E-state index contributed by atoms with van der Waals surface area (Å²) in [5, 5.41) is 8.50. The van der Waals surface area contributed by atoms with Gasteiger partial charge in [-0.25, -0.2) is 18.0 Å². The van der Waals surface area contributed by atoms with Crippen LogP contribution < -0.4 is 5.73 Å². The highest BCUT2D eigenvalue weighted by atomic mass is 19.3. The molecular formula is C8H6F3NO2. The Morgan fingerprint density at radius 2 is 2.00 bits per heavy atom. The second kappa shape index (κ2) is 3.57. The van der Waals surface area contributed by atoms with Crippen molar-refractivity contribution in [1.82, 2.24) is 0 Å². The first kappa shape index (κ1) is 10.4. The van der Waals surface area contributed by atoms with Crippen LogP contribution in [0.15, 0.2) is 12.1 Å². The summed E-state index contributed by atoms with van der Waals surface area (Å²) in [5.41, 5.74) is 3.07. The van der Waals surface area contributed by atoms with Crippen LogP contribution in [0.25, 0.3) is 0 Å². The molecule has 0 aromatic heterocycles. The predicted molar refractivity (Wildman–Crippen MR) is 42.7 cm³/mol. The Morgan fingerprint density at radius 3 is 2.43 bits per heavy atom. The van der Waals surface area contributed by atoms with Crippen molar-refractivity contribution >= 4 is 11.7 Å². The van der Waals surface area contributed by atoms with Crippen LogP contribution in [0.2, 0.25) is 0 Å². The topological polar surface area (TPSA) is 63.3 Å². The van der Waals surface area contributed by atoms with E-state index in [1.165, 1.54) is 0 Å². The van der Waals surface area contributed by atoms with Crippen molar-refractivity contribution in [1.29, 1.82) is 0 Å². The van der Waals surface area contributed by atoms with E-state index in [0.717, 1.165) is 0 Å². The van der Waals surface area contributed by atoms with Gasteiger partial charge in [-0.2, -0.15) is 0 Å². The summed E-state index contributed by atoms with van der Waals surface area (Å²) in [6.07, 6.45) is -3.00. The molecule has 3 N–H and O–H groups in total. The highest BCUT2D eigenvalue weighted by Gasteiger charge is 2.19. The number of nitrogen functional groups attached to an aromatic ring is 1. The Kier molecular flexibility index (Phi) is 2.64. The first-order valence-electron chi connectivity index (χ1n) is 3.54. The molecule has 0 aliphatic heterocycles. The minimum atomic E-state index is -3.00. The van der Waals surface area contributed by atoms with Crippen molar-refractivity contribution < 1.29 is 23.1 Å². The summed E-state index contributed by atoms with van der Waals surface area (Å²) in [6, 6.07) is 1.12. The normalized spacial score (nSPS) is 10.6. The summed E-state index contributed by atoms with van der Waals surface area (Å²) in [7, 11) is 0. The van der Waals surface area contributed by atoms with Crippen LogP contribution in [-0.2, 0) is 0 Å². The van der Waals surface area contributed by atoms with Gasteiger partial charge in [0.15, 0.2) is 0 Å². The lowest BCUT2D eigenvalue weighted by atomic mass is 10.1. The number of alkyl halides is 2. The van der Waals surface area contributed by atoms with Gasteiger partial charge in [0.1, 0.15) is 5.82 Å². The molecule has 1 rings (SSSR count). The van der Waals surface area contributed by atoms with Crippen LogP contribution in [0.4, 0.5) is 18.9 Å². The van der Waals surface area contributed by atoms with Gasteiger partial charge in [0.2, 0.25) is 0 Å². The highest BCUT2D eigenvalue weighted by Crippen LogP contribution is 2.28. The number of aromatic carboxylic acids is 1. The molecule has 0 saturated carbocycles. The third kappa shape index (κ3) is 1.78. The third-order valence-electron chi connectivity index (χ3n) is 1.64. The monoisotopic (exact) mass is 205 g/mol. The van der Waals surface area contributed by atoms with Gasteiger partial charge in [-0.3, -0.25) is 0 Å². The van der Waals surface area contributed by atoms with E-state index in [1.807, 2.05) is 0 Å². The molecule has 0 heterocycles. The van der Waals surface area contributed by atoms with E-state index in [2.05, 4.69) is 0 Å². The molecule has 6 heteroatoms. The number of halogens is 3. The van der Waals surface area contributed by atoms with Gasteiger partial charge < -0.3 is 10.8 Å². The van der Waals surface area contributed by atoms with Gasteiger partial charge in [-0.05, 0) is 12.1 Å². The fourth-order valence-electron chi connectivity index (χ4n) is 0.997. The lowest BCUT2D eigenvalue weighted by Gasteiger charge is -2.07. The summed E-state index contributed by atoms with van der Waals surface area (Å²) in [4.78, 5) is 10.5. The molecule has 0 aliphatic carbocycles. The number of carboxylic acid groups (broad SMARTS) is 1. The fraction of sp³-hybridized carbons (Fsp3) is 0.125. The molecule has 0 atom stereocenters. The van der Waals surface area contributed by atoms with Crippen LogP contribution in [0.3, 0.4) is 0 Å². The number of hydrogen-bond donors (Lipinski definition) is 2. The zero-order valence-electron chi connectivity index (χ0n) is 6.80. The van der Waals surface area contributed by atoms with Gasteiger partial charge in [-0.1, -0.05) is 0 Å². The first-order valence-corrected chi connectivity index (χ1v) is 3.54. The molecule has 0 saturated heterocycles. The minimum Gasteiger partial charge on any atom is -0.478 e. The Bertz CT molecular complexity index is 379. The SMILES string of the molecule is Nc1c(C(=O)O)cc(F)cc1C(F)F. The van der Waals surface area contributed by atoms with Crippen LogP contribution in [0.1, 0.15) is 22.3 Å². The van der Waals surface area contributed by atoms with Crippen LogP contribution in [0, 0.1) is 5.82 Å². The Morgan fingerprint density at radius 1 is 1.43 bits per heavy atom. The summed E-state index contributed by atoms with van der Waals surface area (Å²) < 4.78 is 37.1. The number of rotatable bonds is 2. The van der Waals surface area contributed by atoms with Gasteiger partial charge in [0.05, 0.1) is 11.3 Å². The standard InChI is InChI=1S/C8H6F3NO2/c9-3-1-4(7(10)11)6(12)5(2-3)8(13)14/h1-2,7H,12H2,(H,13,14). The van der Waals surface area contributed by atoms with Crippen molar-refractivity contribution in [3.8, 4) is 0 Å². The zero-order chi connectivity index (χ0) is 10.9. The van der Waals surface area contributed by atoms with Gasteiger partial charge in [0, 0.05) is 5.56 Å². The average Bonchev–Trinajstić information content (AvgIpc) is 2.07. The molecule has 14 heavy (non-hydrogen) atoms. The largest absolute Gasteiger partial charge is 0.478 e. The van der Waals surface area contributed by atoms with Gasteiger partial charge in [0.25, 0.3) is 6.43 Å². The van der Waals surface area contributed by atoms with E-state index in [9.17, 15) is 18.0 Å². The number of carbonyl (C=O) groups is 1. The molecule has 0 fully saturated rings. The quantitative estimate of drug-likeness (QED) is 0.726. The molecule has 0 amide bonds. The van der Waals surface area contributed by atoms with Crippen molar-refractivity contribution in [3.63, 3.8) is 0 Å². The molecule has 0 radical (unpaired) electrons. The molecule has 3 nitrogen and oxygen atoms in total. The number of hydrogen-bond acceptors (Lipinski definition) is 2. The van der Waals surface area contributed by atoms with Crippen molar-refractivity contribution in [3.05, 3.63) is 29.1 Å². The lowest BCUT2D eigenvalue weighted by molar-refractivity contribution is 0.0697. The van der Waals surface area contributed by atoms with Crippen LogP contribution in [-0.4, -0.2) is 11.1 Å². The zero-order valence-corrected chi connectivity index (χ0v) is 6.80. The van der Waals surface area contributed by atoms with Crippen LogP contribution >= 0.6 is 0 Å². The molecule has 0 bridgehead atoms. The number of anilines is 1. The molecule has 1 aromatic rings. The molecule has 0 spiro atoms. The van der Waals surface area contributed by atoms with Gasteiger partial charge >= 0.3 is 5.97 Å². The van der Waals surface area contributed by atoms with E-state index in [-0.39, 0.29) is 0 Å². The van der Waals surface area contributed by atoms with E-state index in [0.29, 0.717) is 12.1 Å². The molecular weight excluding hydrogens is 199 g/mol. The van der Waals surface area contributed by atoms with Crippen LogP contribution in [0.5, 0.6) is 0 Å². The summed E-state index contributed by atoms with van der Waals surface area (Å²) >= 11 is 0. The molecule has 1 aromatic carbocycles. The second-order valence-corrected chi connectivity index (χ2v) is 2.56. The number of carboxylic acids is 1. The second-order valence-electron chi connectivity index (χ2n) is 2.56. The van der Waals surface area contributed by atoms with Crippen molar-refractivity contribution in [2.24, 2.45) is 0 Å². The van der Waals surface area contributed by atoms with Crippen molar-refractivity contribution in [2.75, 3.05) is 5.73 Å². The maximum Gasteiger partial charge on any atom is 0.337 e. The maximum absolute atomic E-state index is 12.7. The molecule has 0 aliphatic rings. The maximum atomic E-state index is 12.7. The Hall–Kier alpha value is -1.72. The van der Waals surface area contributed by atoms with Crippen molar-refractivity contribution in [2.45, 2.75) is 6.43 Å². The third-order valence-corrected chi connectivity index (χ3v) is 1.64. The van der Waals surface area contributed by atoms with E-state index >= 15 is 0 Å². The van der Waals surface area contributed by atoms with Gasteiger partial charge in [-0.15, -0.1) is 0 Å². The molecule has 76 valence electrons. The lowest BCUT2D eigenvalue weighted by Crippen LogP contribution is -2.07. The summed E-state index contributed by atoms with van der Waals surface area (Å²) in [6.45, 7) is 0. The Balaban J connectivity index is 3.40. The molecule has 0 unspecified atom stereocenters. The van der Waals surface area contributed by atoms with E-state index < -0.39 is 35.0 Å². The van der Waals surface area contributed by atoms with E-state index in [1.54, 1.807) is 0 Å². The fourth-order valence-corrected chi connectivity index (χ4v) is 0.997. The predicted octanol–water partition coefficient (Wildman–Crippen LogP) is 2.04. The average molecular weight is 205 g/mol. The smallest absolute Gasteiger partial charge is 0.337 e. The highest BCUT2D eigenvalue weighted by molar-refractivity contribution is 5.94. The number of nitrogens with two attached hydrogens (primary N) is 1. The number of benzene rings is 1. The Labute approximate surface area is 77.0 Å². The summed E-state index contributed by atoms with van der Waals surface area (Å²) in [5.74, 6) is -2.59. The van der Waals surface area contributed by atoms with E-state index in [4.69, 9.17) is 10.8 Å².